The van der Waals surface area contributed by atoms with Crippen LogP contribution in [0.1, 0.15) is 5.56 Å². The van der Waals surface area contributed by atoms with Crippen molar-refractivity contribution in [2.24, 2.45) is 0 Å². The van der Waals surface area contributed by atoms with Gasteiger partial charge in [-0.2, -0.15) is 0 Å². The Morgan fingerprint density at radius 3 is 1.73 bits per heavy atom. The van der Waals surface area contributed by atoms with Crippen molar-refractivity contribution >= 4 is 31.5 Å². The lowest BCUT2D eigenvalue weighted by Crippen LogP contribution is -2.00. The molecule has 0 aliphatic rings. The van der Waals surface area contributed by atoms with Crippen molar-refractivity contribution in [2.75, 3.05) is 0 Å². The van der Waals surface area contributed by atoms with Crippen molar-refractivity contribution in [3.63, 3.8) is 0 Å². The van der Waals surface area contributed by atoms with E-state index in [0.29, 0.717) is 0 Å². The summed E-state index contributed by atoms with van der Waals surface area (Å²) in [6.07, 6.45) is 0. The maximum absolute atomic E-state index is 5.23. The first-order valence-corrected chi connectivity index (χ1v) is 15.7. The van der Waals surface area contributed by atoms with Crippen molar-refractivity contribution < 1.29 is 0 Å². The summed E-state index contributed by atoms with van der Waals surface area (Å²) in [6.45, 7) is 2.15. The molecule has 0 atom stereocenters. The van der Waals surface area contributed by atoms with Gasteiger partial charge >= 0.3 is 0 Å². The zero-order valence-corrected chi connectivity index (χ0v) is 25.1. The maximum atomic E-state index is 5.23. The van der Waals surface area contributed by atoms with Crippen LogP contribution in [0, 0.1) is 6.92 Å². The zero-order valence-electron chi connectivity index (χ0n) is 24.2. The minimum absolute atomic E-state index is 0.738. The van der Waals surface area contributed by atoms with Crippen LogP contribution >= 0.6 is 11.3 Å². The van der Waals surface area contributed by atoms with Gasteiger partial charge in [-0.05, 0) is 47.4 Å². The number of rotatable bonds is 5. The van der Waals surface area contributed by atoms with Gasteiger partial charge in [0.1, 0.15) is 0 Å². The van der Waals surface area contributed by atoms with E-state index in [1.54, 1.807) is 0 Å². The van der Waals surface area contributed by atoms with Crippen molar-refractivity contribution in [3.05, 3.63) is 157 Å². The Kier molecular flexibility index (Phi) is 6.59. The molecule has 0 fully saturated rings. The minimum Gasteiger partial charge on any atom is -0.228 e. The zero-order chi connectivity index (χ0) is 29.5. The van der Waals surface area contributed by atoms with Crippen molar-refractivity contribution in [2.45, 2.75) is 6.92 Å². The molecule has 0 aliphatic heterocycles. The van der Waals surface area contributed by atoms with Gasteiger partial charge in [0.15, 0.2) is 5.82 Å². The molecular weight excluding hydrogens is 553 g/mol. The molecule has 0 N–H and O–H groups in total. The number of nitrogens with zero attached hydrogens (tertiary/aromatic N) is 2. The lowest BCUT2D eigenvalue weighted by molar-refractivity contribution is 1.15. The summed E-state index contributed by atoms with van der Waals surface area (Å²) in [4.78, 5) is 10.3. The van der Waals surface area contributed by atoms with Gasteiger partial charge in [-0.15, -0.1) is 11.3 Å². The van der Waals surface area contributed by atoms with E-state index in [0.717, 1.165) is 39.5 Å². The molecule has 0 amide bonds. The molecule has 6 aromatic carbocycles. The highest BCUT2D eigenvalue weighted by Gasteiger charge is 2.19. The molecule has 3 heteroatoms. The predicted molar refractivity (Wildman–Crippen MR) is 187 cm³/mol. The van der Waals surface area contributed by atoms with E-state index in [-0.39, 0.29) is 0 Å². The van der Waals surface area contributed by atoms with Gasteiger partial charge in [0.05, 0.1) is 11.4 Å². The van der Waals surface area contributed by atoms with Gasteiger partial charge in [0.25, 0.3) is 0 Å². The highest BCUT2D eigenvalue weighted by atomic mass is 32.1. The van der Waals surface area contributed by atoms with Crippen LogP contribution in [0.25, 0.3) is 76.3 Å². The summed E-state index contributed by atoms with van der Waals surface area (Å²) in [5.74, 6) is 0.738. The van der Waals surface area contributed by atoms with Gasteiger partial charge in [0, 0.05) is 42.4 Å². The first-order chi connectivity index (χ1) is 21.7. The van der Waals surface area contributed by atoms with Crippen LogP contribution in [0.3, 0.4) is 0 Å². The molecule has 0 bridgehead atoms. The van der Waals surface area contributed by atoms with E-state index < -0.39 is 0 Å². The third-order valence-corrected chi connectivity index (χ3v) is 9.40. The second-order valence-corrected chi connectivity index (χ2v) is 12.1. The van der Waals surface area contributed by atoms with Gasteiger partial charge < -0.3 is 0 Å². The largest absolute Gasteiger partial charge is 0.228 e. The number of thiophene rings is 1. The molecule has 0 radical (unpaired) electrons. The van der Waals surface area contributed by atoms with Crippen LogP contribution in [0.4, 0.5) is 0 Å². The number of fused-ring (bicyclic) bond motifs is 3. The van der Waals surface area contributed by atoms with E-state index in [1.807, 2.05) is 35.6 Å². The molecule has 0 aliphatic carbocycles. The summed E-state index contributed by atoms with van der Waals surface area (Å²) < 4.78 is 2.53. The van der Waals surface area contributed by atoms with Crippen LogP contribution in [0.15, 0.2) is 152 Å². The fraction of sp³-hybridized carbons (Fsp3) is 0.0244. The highest BCUT2D eigenvalue weighted by molar-refractivity contribution is 7.26. The first kappa shape index (κ1) is 26.3. The standard InChI is InChI=1S/C41H28N2S/c1-27-39(29-15-7-3-8-16-29)42-41(30-17-9-4-10-18-30)43-40(27)35-21-12-22-36-38(35)34-24-23-33(26-37(34)44-36)32-20-11-19-31(25-32)28-13-5-2-6-14-28/h2-26H,1H3. The van der Waals surface area contributed by atoms with Crippen LogP contribution in [0.5, 0.6) is 0 Å². The lowest BCUT2D eigenvalue weighted by Gasteiger charge is -2.14. The predicted octanol–water partition coefficient (Wildman–Crippen LogP) is 11.5. The lowest BCUT2D eigenvalue weighted by atomic mass is 9.96. The smallest absolute Gasteiger partial charge is 0.160 e. The van der Waals surface area contributed by atoms with Gasteiger partial charge in [-0.1, -0.05) is 133 Å². The maximum Gasteiger partial charge on any atom is 0.160 e. The second-order valence-electron chi connectivity index (χ2n) is 11.0. The monoisotopic (exact) mass is 580 g/mol. The van der Waals surface area contributed by atoms with E-state index in [1.165, 1.54) is 42.4 Å². The van der Waals surface area contributed by atoms with Crippen LogP contribution < -0.4 is 0 Å². The topological polar surface area (TPSA) is 25.8 Å². The average Bonchev–Trinajstić information content (AvgIpc) is 3.48. The fourth-order valence-corrected chi connectivity index (χ4v) is 7.26. The van der Waals surface area contributed by atoms with Crippen molar-refractivity contribution in [1.29, 1.82) is 0 Å². The number of hydrogen-bond donors (Lipinski definition) is 0. The second kappa shape index (κ2) is 11.0. The Morgan fingerprint density at radius 1 is 0.432 bits per heavy atom. The molecule has 0 unspecified atom stereocenters. The van der Waals surface area contributed by atoms with E-state index in [2.05, 4.69) is 134 Å². The summed E-state index contributed by atoms with van der Waals surface area (Å²) in [6, 6.07) is 53.6. The summed E-state index contributed by atoms with van der Waals surface area (Å²) >= 11 is 1.84. The Labute approximate surface area is 261 Å². The first-order valence-electron chi connectivity index (χ1n) is 14.8. The third kappa shape index (κ3) is 4.68. The Bertz CT molecular complexity index is 2270. The minimum atomic E-state index is 0.738. The summed E-state index contributed by atoms with van der Waals surface area (Å²) in [5.41, 5.74) is 11.2. The van der Waals surface area contributed by atoms with E-state index in [4.69, 9.17) is 9.97 Å². The van der Waals surface area contributed by atoms with Crippen molar-refractivity contribution in [3.8, 4) is 56.2 Å². The summed E-state index contributed by atoms with van der Waals surface area (Å²) in [7, 11) is 0. The molecule has 0 spiro atoms. The SMILES string of the molecule is Cc1c(-c2ccccc2)nc(-c2ccccc2)nc1-c1cccc2sc3cc(-c4cccc(-c5ccccc5)c4)ccc3c12. The highest BCUT2D eigenvalue weighted by Crippen LogP contribution is 2.43. The molecule has 2 aromatic heterocycles. The van der Waals surface area contributed by atoms with Crippen molar-refractivity contribution in [1.82, 2.24) is 9.97 Å². The molecule has 8 rings (SSSR count). The Hall–Kier alpha value is -5.38. The fourth-order valence-electron chi connectivity index (χ4n) is 6.08. The molecule has 0 saturated carbocycles. The van der Waals surface area contributed by atoms with Crippen LogP contribution in [-0.2, 0) is 0 Å². The molecule has 2 heterocycles. The summed E-state index contributed by atoms with van der Waals surface area (Å²) in [5, 5.41) is 2.50. The van der Waals surface area contributed by atoms with E-state index >= 15 is 0 Å². The molecule has 44 heavy (non-hydrogen) atoms. The normalized spacial score (nSPS) is 11.3. The number of hydrogen-bond acceptors (Lipinski definition) is 3. The van der Waals surface area contributed by atoms with Gasteiger partial charge in [-0.25, -0.2) is 9.97 Å². The van der Waals surface area contributed by atoms with Crippen LogP contribution in [0.2, 0.25) is 0 Å². The molecular formula is C41H28N2S. The Balaban J connectivity index is 1.30. The molecule has 8 aromatic rings. The number of benzene rings is 6. The molecule has 0 saturated heterocycles. The van der Waals surface area contributed by atoms with Gasteiger partial charge in [-0.3, -0.25) is 0 Å². The quantitative estimate of drug-likeness (QED) is 0.202. The third-order valence-electron chi connectivity index (χ3n) is 8.28. The van der Waals surface area contributed by atoms with Gasteiger partial charge in [0.2, 0.25) is 0 Å². The average molecular weight is 581 g/mol. The van der Waals surface area contributed by atoms with Crippen LogP contribution in [-0.4, -0.2) is 9.97 Å². The molecule has 208 valence electrons. The Morgan fingerprint density at radius 2 is 1.00 bits per heavy atom. The molecule has 2 nitrogen and oxygen atoms in total. The number of aromatic nitrogens is 2. The van der Waals surface area contributed by atoms with E-state index in [9.17, 15) is 0 Å².